The van der Waals surface area contributed by atoms with Crippen molar-refractivity contribution in [3.63, 3.8) is 0 Å². The van der Waals surface area contributed by atoms with Gasteiger partial charge in [-0.2, -0.15) is 5.10 Å². The van der Waals surface area contributed by atoms with Crippen LogP contribution < -0.4 is 15.8 Å². The molecule has 7 nitrogen and oxygen atoms in total. The van der Waals surface area contributed by atoms with E-state index in [1.165, 1.54) is 6.42 Å². The summed E-state index contributed by atoms with van der Waals surface area (Å²) in [5.41, 5.74) is 7.84. The molecule has 184 valence electrons. The molecule has 0 radical (unpaired) electrons. The Hall–Kier alpha value is -3.32. The molecule has 1 amide bonds. The Morgan fingerprint density at radius 2 is 1.77 bits per heavy atom. The average molecular weight is 474 g/mol. The lowest BCUT2D eigenvalue weighted by Crippen LogP contribution is -2.42. The number of nitrogens with one attached hydrogen (secondary N) is 1. The summed E-state index contributed by atoms with van der Waals surface area (Å²) in [7, 11) is 0. The summed E-state index contributed by atoms with van der Waals surface area (Å²) in [6.45, 7) is 7.65. The summed E-state index contributed by atoms with van der Waals surface area (Å²) in [5.74, 6) is 2.37. The minimum absolute atomic E-state index is 0.276. The van der Waals surface area contributed by atoms with E-state index in [-0.39, 0.29) is 6.04 Å². The highest BCUT2D eigenvalue weighted by Crippen LogP contribution is 2.40. The molecule has 35 heavy (non-hydrogen) atoms. The summed E-state index contributed by atoms with van der Waals surface area (Å²) in [6, 6.07) is 18.3. The second kappa shape index (κ2) is 10.1. The van der Waals surface area contributed by atoms with Crippen molar-refractivity contribution in [3.8, 4) is 22.8 Å². The van der Waals surface area contributed by atoms with Gasteiger partial charge in [-0.05, 0) is 88.0 Å². The van der Waals surface area contributed by atoms with Crippen molar-refractivity contribution in [2.24, 2.45) is 11.7 Å². The number of piperidine rings is 1. The second-order valence-electron chi connectivity index (χ2n) is 9.73. The van der Waals surface area contributed by atoms with Crippen molar-refractivity contribution in [2.75, 3.05) is 25.0 Å². The van der Waals surface area contributed by atoms with E-state index < -0.39 is 5.91 Å². The maximum Gasteiger partial charge on any atom is 0.254 e. The molecular weight excluding hydrogens is 438 g/mol. The maximum atomic E-state index is 12.6. The molecule has 1 aromatic heterocycles. The van der Waals surface area contributed by atoms with Gasteiger partial charge in [0.15, 0.2) is 0 Å². The Morgan fingerprint density at radius 1 is 1.09 bits per heavy atom. The van der Waals surface area contributed by atoms with Gasteiger partial charge in [0, 0.05) is 18.2 Å². The molecule has 2 atom stereocenters. The van der Waals surface area contributed by atoms with Gasteiger partial charge in [0.1, 0.15) is 28.6 Å². The Morgan fingerprint density at radius 3 is 2.43 bits per heavy atom. The lowest BCUT2D eigenvalue weighted by molar-refractivity contribution is 0.0999. The summed E-state index contributed by atoms with van der Waals surface area (Å²) in [6.07, 6.45) is 4.49. The number of para-hydroxylation sites is 1. The summed E-state index contributed by atoms with van der Waals surface area (Å²) < 4.78 is 7.98. The highest BCUT2D eigenvalue weighted by Gasteiger charge is 2.35. The molecule has 2 aliphatic rings. The van der Waals surface area contributed by atoms with Crippen LogP contribution in [-0.2, 0) is 0 Å². The van der Waals surface area contributed by atoms with Gasteiger partial charge in [-0.3, -0.25) is 4.79 Å². The molecule has 0 bridgehead atoms. The number of rotatable bonds is 7. The predicted octanol–water partition coefficient (Wildman–Crippen LogP) is 5.31. The average Bonchev–Trinajstić information content (AvgIpc) is 3.29. The molecule has 0 aliphatic carbocycles. The van der Waals surface area contributed by atoms with Crippen molar-refractivity contribution in [1.29, 1.82) is 0 Å². The van der Waals surface area contributed by atoms with Crippen LogP contribution in [0.3, 0.4) is 0 Å². The molecule has 7 heteroatoms. The fourth-order valence-corrected chi connectivity index (χ4v) is 5.48. The maximum absolute atomic E-state index is 12.6. The number of nitrogens with two attached hydrogens (primary N) is 1. The first-order chi connectivity index (χ1) is 17.0. The van der Waals surface area contributed by atoms with Crippen LogP contribution in [0, 0.1) is 5.92 Å². The number of aromatic nitrogens is 2. The van der Waals surface area contributed by atoms with Gasteiger partial charge in [0.25, 0.3) is 5.91 Å². The van der Waals surface area contributed by atoms with E-state index in [1.54, 1.807) is 0 Å². The number of anilines is 1. The number of primary amides is 1. The van der Waals surface area contributed by atoms with Crippen molar-refractivity contribution < 1.29 is 9.53 Å². The molecule has 3 N–H and O–H groups in total. The first-order valence-electron chi connectivity index (χ1n) is 12.8. The van der Waals surface area contributed by atoms with Gasteiger partial charge < -0.3 is 20.7 Å². The van der Waals surface area contributed by atoms with E-state index in [4.69, 9.17) is 15.6 Å². The molecule has 3 heterocycles. The van der Waals surface area contributed by atoms with Gasteiger partial charge in [-0.25, -0.2) is 4.68 Å². The van der Waals surface area contributed by atoms with Crippen molar-refractivity contribution >= 4 is 11.7 Å². The summed E-state index contributed by atoms with van der Waals surface area (Å²) in [4.78, 5) is 15.2. The minimum Gasteiger partial charge on any atom is -0.457 e. The third-order valence-electron chi connectivity index (χ3n) is 7.64. The molecule has 5 rings (SSSR count). The number of hydrogen-bond donors (Lipinski definition) is 2. The van der Waals surface area contributed by atoms with E-state index >= 15 is 0 Å². The van der Waals surface area contributed by atoms with Gasteiger partial charge in [0.2, 0.25) is 0 Å². The molecule has 1 fully saturated rings. The molecule has 2 aliphatic heterocycles. The van der Waals surface area contributed by atoms with Gasteiger partial charge in [-0.1, -0.05) is 25.1 Å². The van der Waals surface area contributed by atoms with Crippen LogP contribution >= 0.6 is 0 Å². The van der Waals surface area contributed by atoms with E-state index in [0.29, 0.717) is 23.2 Å². The quantitative estimate of drug-likeness (QED) is 0.486. The standard InChI is InChI=1S/C28H35N5O2/c1-3-19(2)32-17-14-20(15-18-32)24-13-16-30-28-25(27(29)34)26(31-33(24)28)21-9-11-23(12-10-21)35-22-7-5-4-6-8-22/h4-12,19-20,24,30H,3,13-18H2,1-2H3,(H2,29,34). The normalized spacial score (nSPS) is 19.5. The molecule has 2 unspecified atom stereocenters. The van der Waals surface area contributed by atoms with Crippen LogP contribution in [0.1, 0.15) is 55.9 Å². The van der Waals surface area contributed by atoms with E-state index in [9.17, 15) is 4.79 Å². The third kappa shape index (κ3) is 4.78. The minimum atomic E-state index is -0.453. The fourth-order valence-electron chi connectivity index (χ4n) is 5.48. The smallest absolute Gasteiger partial charge is 0.254 e. The van der Waals surface area contributed by atoms with Crippen LogP contribution in [0.2, 0.25) is 0 Å². The van der Waals surface area contributed by atoms with E-state index in [2.05, 4.69) is 28.7 Å². The lowest BCUT2D eigenvalue weighted by atomic mass is 9.86. The Labute approximate surface area is 207 Å². The number of ether oxygens (including phenoxy) is 1. The molecule has 0 spiro atoms. The van der Waals surface area contributed by atoms with Gasteiger partial charge >= 0.3 is 0 Å². The highest BCUT2D eigenvalue weighted by molar-refractivity contribution is 6.03. The first kappa shape index (κ1) is 23.4. The van der Waals surface area contributed by atoms with Crippen LogP contribution in [0.15, 0.2) is 54.6 Å². The van der Waals surface area contributed by atoms with Crippen LogP contribution in [-0.4, -0.2) is 46.3 Å². The summed E-state index contributed by atoms with van der Waals surface area (Å²) in [5, 5.41) is 8.40. The Bertz CT molecular complexity index is 1150. The molecular formula is C28H35N5O2. The topological polar surface area (TPSA) is 85.4 Å². The van der Waals surface area contributed by atoms with Crippen LogP contribution in [0.4, 0.5) is 5.82 Å². The molecule has 2 aromatic carbocycles. The zero-order chi connectivity index (χ0) is 24.4. The third-order valence-corrected chi connectivity index (χ3v) is 7.64. The van der Waals surface area contributed by atoms with Crippen LogP contribution in [0.5, 0.6) is 11.5 Å². The first-order valence-corrected chi connectivity index (χ1v) is 12.8. The highest BCUT2D eigenvalue weighted by atomic mass is 16.5. The Balaban J connectivity index is 1.40. The zero-order valence-corrected chi connectivity index (χ0v) is 20.6. The molecule has 0 saturated carbocycles. The van der Waals surface area contributed by atoms with Gasteiger partial charge in [-0.15, -0.1) is 0 Å². The van der Waals surface area contributed by atoms with Crippen LogP contribution in [0.25, 0.3) is 11.3 Å². The lowest BCUT2D eigenvalue weighted by Gasteiger charge is -2.40. The largest absolute Gasteiger partial charge is 0.457 e. The summed E-state index contributed by atoms with van der Waals surface area (Å²) >= 11 is 0. The van der Waals surface area contributed by atoms with Gasteiger partial charge in [0.05, 0.1) is 6.04 Å². The van der Waals surface area contributed by atoms with E-state index in [0.717, 1.165) is 61.8 Å². The number of carbonyl (C=O) groups is 1. The number of fused-ring (bicyclic) bond motifs is 1. The van der Waals surface area contributed by atoms with Crippen molar-refractivity contribution in [3.05, 3.63) is 60.2 Å². The SMILES string of the molecule is CCC(C)N1CCC(C2CCNc3c(C(N)=O)c(-c4ccc(Oc5ccccc5)cc4)nn32)CC1. The number of amides is 1. The van der Waals surface area contributed by atoms with Crippen molar-refractivity contribution in [1.82, 2.24) is 14.7 Å². The number of likely N-dealkylation sites (tertiary alicyclic amines) is 1. The van der Waals surface area contributed by atoms with Crippen molar-refractivity contribution in [2.45, 2.75) is 51.6 Å². The number of carbonyl (C=O) groups excluding carboxylic acids is 1. The fraction of sp³-hybridized carbons (Fsp3) is 0.429. The number of hydrogen-bond acceptors (Lipinski definition) is 5. The predicted molar refractivity (Wildman–Crippen MR) is 139 cm³/mol. The monoisotopic (exact) mass is 473 g/mol. The number of nitrogens with zero attached hydrogens (tertiary/aromatic N) is 3. The molecule has 3 aromatic rings. The Kier molecular flexibility index (Phi) is 6.77. The molecule has 1 saturated heterocycles. The van der Waals surface area contributed by atoms with E-state index in [1.807, 2.05) is 54.6 Å². The number of benzene rings is 2. The second-order valence-corrected chi connectivity index (χ2v) is 9.73. The zero-order valence-electron chi connectivity index (χ0n) is 20.6.